The lowest BCUT2D eigenvalue weighted by Gasteiger charge is -2.35. The van der Waals surface area contributed by atoms with Crippen molar-refractivity contribution in [3.05, 3.63) is 47.8 Å². The van der Waals surface area contributed by atoms with E-state index in [0.717, 1.165) is 49.9 Å². The van der Waals surface area contributed by atoms with Crippen molar-refractivity contribution in [1.29, 1.82) is 5.26 Å². The van der Waals surface area contributed by atoms with Crippen LogP contribution in [0.25, 0.3) is 11.4 Å². The molecule has 0 spiro atoms. The summed E-state index contributed by atoms with van der Waals surface area (Å²) in [6, 6.07) is 11.7. The molecule has 1 aromatic carbocycles. The van der Waals surface area contributed by atoms with Gasteiger partial charge in [-0.2, -0.15) is 5.26 Å². The van der Waals surface area contributed by atoms with Gasteiger partial charge in [-0.25, -0.2) is 9.97 Å². The molecular weight excluding hydrogens is 462 g/mol. The van der Waals surface area contributed by atoms with Crippen LogP contribution in [0.3, 0.4) is 0 Å². The third-order valence-electron chi connectivity index (χ3n) is 8.85. The minimum Gasteiger partial charge on any atom is -0.236 e. The van der Waals surface area contributed by atoms with Crippen LogP contribution >= 0.6 is 0 Å². The van der Waals surface area contributed by atoms with Crippen LogP contribution in [0.5, 0.6) is 0 Å². The zero-order chi connectivity index (χ0) is 26.9. The Morgan fingerprint density at radius 3 is 1.82 bits per heavy atom. The first-order chi connectivity index (χ1) is 18.7. The van der Waals surface area contributed by atoms with Crippen LogP contribution in [0.4, 0.5) is 0 Å². The first-order valence-corrected chi connectivity index (χ1v) is 16.0. The van der Waals surface area contributed by atoms with Gasteiger partial charge in [-0.15, -0.1) is 0 Å². The number of aryl methyl sites for hydroxylation is 1. The van der Waals surface area contributed by atoms with E-state index in [-0.39, 0.29) is 5.41 Å². The maximum atomic E-state index is 10.0. The SMILES string of the molecule is CCCCCCCCCCC1(C#N)CCC(c2ccc(-c3ncc(CCCCCCCC)cn3)cc2)CC1. The van der Waals surface area contributed by atoms with Crippen molar-refractivity contribution >= 4 is 0 Å². The molecule has 1 aliphatic carbocycles. The summed E-state index contributed by atoms with van der Waals surface area (Å²) in [7, 11) is 0. The average molecular weight is 516 g/mol. The van der Waals surface area contributed by atoms with Crippen LogP contribution in [-0.4, -0.2) is 9.97 Å². The molecule has 1 saturated carbocycles. The summed E-state index contributed by atoms with van der Waals surface area (Å²) in [4.78, 5) is 9.32. The van der Waals surface area contributed by atoms with Crippen molar-refractivity contribution < 1.29 is 0 Å². The van der Waals surface area contributed by atoms with E-state index < -0.39 is 0 Å². The number of hydrogen-bond donors (Lipinski definition) is 0. The van der Waals surface area contributed by atoms with Crippen LogP contribution in [0.15, 0.2) is 36.7 Å². The Balaban J connectivity index is 1.40. The number of unbranched alkanes of at least 4 members (excludes halogenated alkanes) is 12. The van der Waals surface area contributed by atoms with Crippen molar-refractivity contribution in [2.45, 2.75) is 148 Å². The van der Waals surface area contributed by atoms with Crippen molar-refractivity contribution in [2.75, 3.05) is 0 Å². The average Bonchev–Trinajstić information content (AvgIpc) is 2.97. The Hall–Kier alpha value is -2.21. The summed E-state index contributed by atoms with van der Waals surface area (Å²) in [5.74, 6) is 1.39. The topological polar surface area (TPSA) is 49.6 Å². The summed E-state index contributed by atoms with van der Waals surface area (Å²) in [5, 5.41) is 10.0. The van der Waals surface area contributed by atoms with Gasteiger partial charge in [-0.3, -0.25) is 0 Å². The van der Waals surface area contributed by atoms with Gasteiger partial charge in [0.05, 0.1) is 11.5 Å². The summed E-state index contributed by atoms with van der Waals surface area (Å²) in [6.45, 7) is 4.54. The molecule has 0 saturated heterocycles. The Bertz CT molecular complexity index is 917. The number of nitrogens with zero attached hydrogens (tertiary/aromatic N) is 3. The predicted molar refractivity (Wildman–Crippen MR) is 161 cm³/mol. The molecule has 208 valence electrons. The van der Waals surface area contributed by atoms with E-state index in [9.17, 15) is 5.26 Å². The number of aromatic nitrogens is 2. The third-order valence-corrected chi connectivity index (χ3v) is 8.85. The van der Waals surface area contributed by atoms with Gasteiger partial charge in [0.2, 0.25) is 0 Å². The summed E-state index contributed by atoms with van der Waals surface area (Å²) >= 11 is 0. The molecule has 2 aromatic rings. The molecule has 3 nitrogen and oxygen atoms in total. The van der Waals surface area contributed by atoms with Crippen molar-refractivity contribution in [3.63, 3.8) is 0 Å². The second-order valence-corrected chi connectivity index (χ2v) is 11.9. The van der Waals surface area contributed by atoms with Gasteiger partial charge in [-0.05, 0) is 62.0 Å². The molecule has 1 aliphatic rings. The van der Waals surface area contributed by atoms with Crippen LogP contribution in [-0.2, 0) is 6.42 Å². The summed E-state index contributed by atoms with van der Waals surface area (Å²) < 4.78 is 0. The summed E-state index contributed by atoms with van der Waals surface area (Å²) in [5.41, 5.74) is 3.67. The molecular formula is C35H53N3. The Kier molecular flexibility index (Phi) is 13.9. The lowest BCUT2D eigenvalue weighted by Crippen LogP contribution is -2.25. The lowest BCUT2D eigenvalue weighted by molar-refractivity contribution is 0.222. The molecule has 1 heterocycles. The van der Waals surface area contributed by atoms with Crippen LogP contribution in [0.2, 0.25) is 0 Å². The maximum absolute atomic E-state index is 10.0. The van der Waals surface area contributed by atoms with E-state index in [1.165, 1.54) is 101 Å². The highest BCUT2D eigenvalue weighted by Gasteiger charge is 2.35. The number of benzene rings is 1. The Labute approximate surface area is 233 Å². The van der Waals surface area contributed by atoms with Crippen molar-refractivity contribution in [3.8, 4) is 17.5 Å². The zero-order valence-corrected chi connectivity index (χ0v) is 24.5. The fourth-order valence-corrected chi connectivity index (χ4v) is 6.17. The van der Waals surface area contributed by atoms with Gasteiger partial charge in [0, 0.05) is 18.0 Å². The normalized spacial score (nSPS) is 19.3. The molecule has 0 N–H and O–H groups in total. The van der Waals surface area contributed by atoms with Crippen molar-refractivity contribution in [1.82, 2.24) is 9.97 Å². The van der Waals surface area contributed by atoms with Crippen LogP contribution in [0, 0.1) is 16.7 Å². The molecule has 1 aromatic heterocycles. The first kappa shape index (κ1) is 30.3. The monoisotopic (exact) mass is 515 g/mol. The minimum atomic E-state index is -0.0796. The molecule has 0 aliphatic heterocycles. The van der Waals surface area contributed by atoms with Crippen LogP contribution in [0.1, 0.15) is 153 Å². The fourth-order valence-electron chi connectivity index (χ4n) is 6.17. The van der Waals surface area contributed by atoms with E-state index in [1.54, 1.807) is 0 Å². The molecule has 3 heteroatoms. The van der Waals surface area contributed by atoms with E-state index in [1.807, 2.05) is 12.4 Å². The molecule has 0 bridgehead atoms. The first-order valence-electron chi connectivity index (χ1n) is 16.0. The highest BCUT2D eigenvalue weighted by molar-refractivity contribution is 5.55. The van der Waals surface area contributed by atoms with Gasteiger partial charge in [0.25, 0.3) is 0 Å². The highest BCUT2D eigenvalue weighted by Crippen LogP contribution is 2.45. The van der Waals surface area contributed by atoms with Gasteiger partial charge < -0.3 is 0 Å². The molecule has 38 heavy (non-hydrogen) atoms. The largest absolute Gasteiger partial charge is 0.236 e. The molecule has 3 rings (SSSR count). The summed E-state index contributed by atoms with van der Waals surface area (Å²) in [6.07, 6.45) is 29.2. The van der Waals surface area contributed by atoms with Gasteiger partial charge in [0.15, 0.2) is 5.82 Å². The van der Waals surface area contributed by atoms with Gasteiger partial charge in [0.1, 0.15) is 0 Å². The third kappa shape index (κ3) is 10.2. The van der Waals surface area contributed by atoms with E-state index in [0.29, 0.717) is 5.92 Å². The molecule has 0 amide bonds. The Morgan fingerprint density at radius 1 is 0.737 bits per heavy atom. The predicted octanol–water partition coefficient (Wildman–Crippen LogP) is 10.7. The lowest BCUT2D eigenvalue weighted by atomic mass is 9.67. The van der Waals surface area contributed by atoms with Gasteiger partial charge in [-0.1, -0.05) is 122 Å². The van der Waals surface area contributed by atoms with E-state index in [2.05, 4.69) is 54.2 Å². The number of nitriles is 1. The Morgan fingerprint density at radius 2 is 1.26 bits per heavy atom. The standard InChI is InChI=1S/C35H53N3/c1-3-5-7-9-11-12-14-16-24-35(29-36)25-22-32(23-26-35)31-18-20-33(21-19-31)34-37-27-30(28-38-34)17-15-13-10-8-6-4-2/h18-21,27-28,32H,3-17,22-26H2,1-2H3. The second kappa shape index (κ2) is 17.4. The smallest absolute Gasteiger partial charge is 0.159 e. The highest BCUT2D eigenvalue weighted by atomic mass is 14.9. The second-order valence-electron chi connectivity index (χ2n) is 11.9. The quantitative estimate of drug-likeness (QED) is 0.185. The fraction of sp³-hybridized carbons (Fsp3) is 0.686. The number of hydrogen-bond acceptors (Lipinski definition) is 3. The van der Waals surface area contributed by atoms with Crippen molar-refractivity contribution in [2.24, 2.45) is 5.41 Å². The molecule has 0 unspecified atom stereocenters. The van der Waals surface area contributed by atoms with Crippen LogP contribution < -0.4 is 0 Å². The molecule has 1 fully saturated rings. The molecule has 0 atom stereocenters. The zero-order valence-electron chi connectivity index (χ0n) is 24.5. The molecule has 0 radical (unpaired) electrons. The number of rotatable bonds is 18. The van der Waals surface area contributed by atoms with E-state index >= 15 is 0 Å². The minimum absolute atomic E-state index is 0.0796. The van der Waals surface area contributed by atoms with E-state index in [4.69, 9.17) is 0 Å². The maximum Gasteiger partial charge on any atom is 0.159 e. The van der Waals surface area contributed by atoms with Gasteiger partial charge >= 0.3 is 0 Å².